The van der Waals surface area contributed by atoms with Gasteiger partial charge in [0.25, 0.3) is 0 Å². The predicted octanol–water partition coefficient (Wildman–Crippen LogP) is 0.690. The molecule has 64 valence electrons. The highest BCUT2D eigenvalue weighted by atomic mass is 16.5. The Balaban J connectivity index is 2.24. The van der Waals surface area contributed by atoms with E-state index in [0.29, 0.717) is 6.10 Å². The highest BCUT2D eigenvalue weighted by molar-refractivity contribution is 5.83. The summed E-state index contributed by atoms with van der Waals surface area (Å²) in [6, 6.07) is 0. The zero-order valence-electron chi connectivity index (χ0n) is 6.66. The van der Waals surface area contributed by atoms with Crippen molar-refractivity contribution < 1.29 is 9.94 Å². The first kappa shape index (κ1) is 8.33. The number of hydrogen-bond acceptors (Lipinski definition) is 3. The standard InChI is InChI=1S/C7H14N2O2/c1-5(7(8)9-10)11-6-3-2-4-6/h5-6,10H,2-4H2,1H3,(H2,8,9). The van der Waals surface area contributed by atoms with E-state index in [1.54, 1.807) is 6.92 Å². The molecule has 1 aliphatic rings. The largest absolute Gasteiger partial charge is 0.409 e. The summed E-state index contributed by atoms with van der Waals surface area (Å²) >= 11 is 0. The second kappa shape index (κ2) is 3.57. The zero-order valence-corrected chi connectivity index (χ0v) is 6.66. The van der Waals surface area contributed by atoms with Crippen LogP contribution in [0.4, 0.5) is 0 Å². The molecule has 0 radical (unpaired) electrons. The van der Waals surface area contributed by atoms with Crippen LogP contribution in [-0.2, 0) is 4.74 Å². The van der Waals surface area contributed by atoms with Crippen molar-refractivity contribution in [2.45, 2.75) is 38.4 Å². The molecule has 0 saturated heterocycles. The molecule has 0 bridgehead atoms. The maximum atomic E-state index is 8.29. The Bertz CT molecular complexity index is 155. The molecular formula is C7H14N2O2. The lowest BCUT2D eigenvalue weighted by molar-refractivity contribution is -0.0162. The molecule has 0 aromatic rings. The third kappa shape index (κ3) is 2.08. The first-order valence-corrected chi connectivity index (χ1v) is 3.87. The minimum Gasteiger partial charge on any atom is -0.409 e. The number of nitrogens with two attached hydrogens (primary N) is 1. The van der Waals surface area contributed by atoms with E-state index in [1.165, 1.54) is 6.42 Å². The lowest BCUT2D eigenvalue weighted by atomic mass is 9.96. The molecule has 11 heavy (non-hydrogen) atoms. The van der Waals surface area contributed by atoms with Crippen LogP contribution in [0.25, 0.3) is 0 Å². The molecule has 1 atom stereocenters. The number of oxime groups is 1. The van der Waals surface area contributed by atoms with Crippen LogP contribution in [0.1, 0.15) is 26.2 Å². The van der Waals surface area contributed by atoms with Gasteiger partial charge in [0.15, 0.2) is 5.84 Å². The van der Waals surface area contributed by atoms with Gasteiger partial charge in [-0.15, -0.1) is 0 Å². The summed E-state index contributed by atoms with van der Waals surface area (Å²) in [4.78, 5) is 0. The number of amidine groups is 1. The minimum atomic E-state index is -0.259. The van der Waals surface area contributed by atoms with Crippen molar-refractivity contribution in [1.82, 2.24) is 0 Å². The van der Waals surface area contributed by atoms with E-state index in [0.717, 1.165) is 12.8 Å². The van der Waals surface area contributed by atoms with Gasteiger partial charge >= 0.3 is 0 Å². The Hall–Kier alpha value is -0.770. The fraction of sp³-hybridized carbons (Fsp3) is 0.857. The van der Waals surface area contributed by atoms with E-state index in [2.05, 4.69) is 5.16 Å². The van der Waals surface area contributed by atoms with Crippen molar-refractivity contribution >= 4 is 5.84 Å². The van der Waals surface area contributed by atoms with Gasteiger partial charge in [-0.1, -0.05) is 5.16 Å². The lowest BCUT2D eigenvalue weighted by Crippen LogP contribution is -2.35. The van der Waals surface area contributed by atoms with Crippen molar-refractivity contribution in [2.75, 3.05) is 0 Å². The first-order valence-electron chi connectivity index (χ1n) is 3.87. The van der Waals surface area contributed by atoms with E-state index in [9.17, 15) is 0 Å². The van der Waals surface area contributed by atoms with E-state index in [-0.39, 0.29) is 11.9 Å². The van der Waals surface area contributed by atoms with Gasteiger partial charge in [0.2, 0.25) is 0 Å². The van der Waals surface area contributed by atoms with Crippen LogP contribution in [0, 0.1) is 0 Å². The third-order valence-electron chi connectivity index (χ3n) is 1.98. The fourth-order valence-electron chi connectivity index (χ4n) is 0.947. The predicted molar refractivity (Wildman–Crippen MR) is 41.6 cm³/mol. The second-order valence-electron chi connectivity index (χ2n) is 2.86. The molecule has 1 saturated carbocycles. The van der Waals surface area contributed by atoms with Crippen LogP contribution in [0.5, 0.6) is 0 Å². The van der Waals surface area contributed by atoms with E-state index < -0.39 is 0 Å². The van der Waals surface area contributed by atoms with Gasteiger partial charge in [0.1, 0.15) is 6.10 Å². The maximum Gasteiger partial charge on any atom is 0.168 e. The molecule has 1 fully saturated rings. The molecule has 1 rings (SSSR count). The number of rotatable bonds is 3. The summed E-state index contributed by atoms with van der Waals surface area (Å²) in [5.74, 6) is 0.150. The molecule has 0 aromatic carbocycles. The smallest absolute Gasteiger partial charge is 0.168 e. The van der Waals surface area contributed by atoms with E-state index in [1.807, 2.05) is 0 Å². The molecule has 3 N–H and O–H groups in total. The average molecular weight is 158 g/mol. The summed E-state index contributed by atoms with van der Waals surface area (Å²) in [7, 11) is 0. The third-order valence-corrected chi connectivity index (χ3v) is 1.98. The summed E-state index contributed by atoms with van der Waals surface area (Å²) < 4.78 is 5.42. The SMILES string of the molecule is CC(OC1CCC1)/C(N)=N/O. The van der Waals surface area contributed by atoms with Gasteiger partial charge in [-0.05, 0) is 26.2 Å². The highest BCUT2D eigenvalue weighted by Gasteiger charge is 2.21. The van der Waals surface area contributed by atoms with Gasteiger partial charge in [-0.3, -0.25) is 0 Å². The first-order chi connectivity index (χ1) is 5.24. The molecule has 0 aromatic heterocycles. The second-order valence-corrected chi connectivity index (χ2v) is 2.86. The van der Waals surface area contributed by atoms with Crippen molar-refractivity contribution in [1.29, 1.82) is 0 Å². The number of hydrogen-bond donors (Lipinski definition) is 2. The number of nitrogens with zero attached hydrogens (tertiary/aromatic N) is 1. The van der Waals surface area contributed by atoms with Crippen molar-refractivity contribution in [2.24, 2.45) is 10.9 Å². The quantitative estimate of drug-likeness (QED) is 0.275. The van der Waals surface area contributed by atoms with Crippen LogP contribution in [0.2, 0.25) is 0 Å². The van der Waals surface area contributed by atoms with E-state index >= 15 is 0 Å². The molecule has 0 spiro atoms. The Morgan fingerprint density at radius 2 is 2.36 bits per heavy atom. The molecule has 4 heteroatoms. The van der Waals surface area contributed by atoms with Gasteiger partial charge in [-0.25, -0.2) is 0 Å². The Labute approximate surface area is 66.0 Å². The lowest BCUT2D eigenvalue weighted by Gasteiger charge is -2.28. The topological polar surface area (TPSA) is 67.8 Å². The van der Waals surface area contributed by atoms with Crippen molar-refractivity contribution in [3.63, 3.8) is 0 Å². The molecule has 0 aliphatic heterocycles. The molecule has 1 aliphatic carbocycles. The molecule has 1 unspecified atom stereocenters. The van der Waals surface area contributed by atoms with Gasteiger partial charge in [-0.2, -0.15) is 0 Å². The normalized spacial score (nSPS) is 22.8. The average Bonchev–Trinajstić information content (AvgIpc) is 1.94. The summed E-state index contributed by atoms with van der Waals surface area (Å²) in [6.07, 6.45) is 3.50. The molecular weight excluding hydrogens is 144 g/mol. The fourth-order valence-corrected chi connectivity index (χ4v) is 0.947. The summed E-state index contributed by atoms with van der Waals surface area (Å²) in [5, 5.41) is 11.2. The van der Waals surface area contributed by atoms with E-state index in [4.69, 9.17) is 15.7 Å². The van der Waals surface area contributed by atoms with Crippen molar-refractivity contribution in [3.05, 3.63) is 0 Å². The monoisotopic (exact) mass is 158 g/mol. The van der Waals surface area contributed by atoms with Crippen molar-refractivity contribution in [3.8, 4) is 0 Å². The Kier molecular flexibility index (Phi) is 2.70. The minimum absolute atomic E-state index is 0.150. The molecule has 0 amide bonds. The maximum absolute atomic E-state index is 8.29. The van der Waals surface area contributed by atoms with Crippen LogP contribution in [-0.4, -0.2) is 23.3 Å². The van der Waals surface area contributed by atoms with Crippen LogP contribution in [0.15, 0.2) is 5.16 Å². The summed E-state index contributed by atoms with van der Waals surface area (Å²) in [6.45, 7) is 1.79. The van der Waals surface area contributed by atoms with Crippen LogP contribution >= 0.6 is 0 Å². The molecule has 0 heterocycles. The van der Waals surface area contributed by atoms with Gasteiger partial charge in [0, 0.05) is 0 Å². The van der Waals surface area contributed by atoms with Gasteiger partial charge in [0.05, 0.1) is 6.10 Å². The molecule has 4 nitrogen and oxygen atoms in total. The highest BCUT2D eigenvalue weighted by Crippen LogP contribution is 2.23. The van der Waals surface area contributed by atoms with Gasteiger partial charge < -0.3 is 15.7 Å². The summed E-state index contributed by atoms with van der Waals surface area (Å²) in [5.41, 5.74) is 5.32. The Morgan fingerprint density at radius 3 is 2.73 bits per heavy atom. The zero-order chi connectivity index (χ0) is 8.27. The Morgan fingerprint density at radius 1 is 1.73 bits per heavy atom. The van der Waals surface area contributed by atoms with Crippen LogP contribution in [0.3, 0.4) is 0 Å². The van der Waals surface area contributed by atoms with Crippen LogP contribution < -0.4 is 5.73 Å². The number of ether oxygens (including phenoxy) is 1.